The van der Waals surface area contributed by atoms with E-state index in [-0.39, 0.29) is 17.7 Å². The minimum absolute atomic E-state index is 0.0228. The van der Waals surface area contributed by atoms with Gasteiger partial charge in [-0.05, 0) is 12.8 Å². The maximum Gasteiger partial charge on any atom is 0.229 e. The minimum Gasteiger partial charge on any atom is -0.355 e. The Morgan fingerprint density at radius 2 is 2.44 bits per heavy atom. The fourth-order valence-electron chi connectivity index (χ4n) is 2.09. The summed E-state index contributed by atoms with van der Waals surface area (Å²) in [4.78, 5) is 23.1. The fourth-order valence-corrected chi connectivity index (χ4v) is 2.09. The van der Waals surface area contributed by atoms with E-state index < -0.39 is 0 Å². The third-order valence-electron chi connectivity index (χ3n) is 3.13. The highest BCUT2D eigenvalue weighted by molar-refractivity contribution is 5.94. The summed E-state index contributed by atoms with van der Waals surface area (Å²) >= 11 is 0. The number of anilines is 1. The summed E-state index contributed by atoms with van der Waals surface area (Å²) in [5.41, 5.74) is 1.65. The number of aromatic nitrogens is 2. The van der Waals surface area contributed by atoms with Gasteiger partial charge in [-0.15, -0.1) is 0 Å². The molecule has 6 nitrogen and oxygen atoms in total. The van der Waals surface area contributed by atoms with Crippen molar-refractivity contribution in [3.8, 4) is 0 Å². The second kappa shape index (κ2) is 5.20. The van der Waals surface area contributed by atoms with Crippen LogP contribution in [0.2, 0.25) is 0 Å². The Labute approximate surface area is 106 Å². The Morgan fingerprint density at radius 3 is 3.06 bits per heavy atom. The number of rotatable bonds is 3. The molecule has 2 amide bonds. The van der Waals surface area contributed by atoms with Crippen molar-refractivity contribution in [1.29, 1.82) is 0 Å². The van der Waals surface area contributed by atoms with Gasteiger partial charge in [0, 0.05) is 26.2 Å². The minimum atomic E-state index is -0.146. The van der Waals surface area contributed by atoms with Gasteiger partial charge < -0.3 is 10.6 Å². The van der Waals surface area contributed by atoms with Crippen molar-refractivity contribution in [2.75, 3.05) is 11.9 Å². The molecule has 2 N–H and O–H groups in total. The van der Waals surface area contributed by atoms with E-state index in [4.69, 9.17) is 0 Å². The number of nitrogens with one attached hydrogen (secondary N) is 2. The number of hydrogen-bond donors (Lipinski definition) is 2. The summed E-state index contributed by atoms with van der Waals surface area (Å²) in [5, 5.41) is 9.88. The van der Waals surface area contributed by atoms with Crippen molar-refractivity contribution in [2.24, 2.45) is 13.0 Å². The topological polar surface area (TPSA) is 76.0 Å². The molecule has 0 bridgehead atoms. The van der Waals surface area contributed by atoms with E-state index in [1.165, 1.54) is 0 Å². The Morgan fingerprint density at radius 1 is 1.67 bits per heavy atom. The van der Waals surface area contributed by atoms with Gasteiger partial charge in [0.15, 0.2) is 0 Å². The second-order valence-electron chi connectivity index (χ2n) is 4.55. The number of hydrogen-bond acceptors (Lipinski definition) is 3. The molecule has 0 saturated carbocycles. The molecule has 0 radical (unpaired) electrons. The van der Waals surface area contributed by atoms with Gasteiger partial charge >= 0.3 is 0 Å². The Hall–Kier alpha value is -1.85. The second-order valence-corrected chi connectivity index (χ2v) is 4.55. The van der Waals surface area contributed by atoms with E-state index in [1.54, 1.807) is 10.9 Å². The first-order valence-corrected chi connectivity index (χ1v) is 6.20. The van der Waals surface area contributed by atoms with E-state index in [1.807, 2.05) is 14.0 Å². The zero-order valence-corrected chi connectivity index (χ0v) is 10.7. The van der Waals surface area contributed by atoms with Crippen LogP contribution in [0.3, 0.4) is 0 Å². The monoisotopic (exact) mass is 250 g/mol. The molecule has 1 unspecified atom stereocenters. The van der Waals surface area contributed by atoms with Crippen molar-refractivity contribution in [2.45, 2.75) is 26.2 Å². The molecule has 1 aromatic heterocycles. The van der Waals surface area contributed by atoms with E-state index in [2.05, 4.69) is 15.7 Å². The molecule has 98 valence electrons. The van der Waals surface area contributed by atoms with Crippen LogP contribution in [0, 0.1) is 5.92 Å². The molecule has 1 aromatic rings. The summed E-state index contributed by atoms with van der Waals surface area (Å²) in [6.07, 6.45) is 3.61. The maximum absolute atomic E-state index is 12.1. The number of amides is 2. The first kappa shape index (κ1) is 12.6. The number of nitrogens with zero attached hydrogens (tertiary/aromatic N) is 2. The summed E-state index contributed by atoms with van der Waals surface area (Å²) in [7, 11) is 1.83. The van der Waals surface area contributed by atoms with Crippen LogP contribution < -0.4 is 10.6 Å². The lowest BCUT2D eigenvalue weighted by Crippen LogP contribution is -2.40. The zero-order valence-electron chi connectivity index (χ0n) is 10.7. The molecule has 2 rings (SSSR count). The molecule has 1 atom stereocenters. The fraction of sp³-hybridized carbons (Fsp3) is 0.583. The SMILES string of the molecule is CCc1nn(C)cc1NC(=O)C1CCC(=O)NC1. The third kappa shape index (κ3) is 2.69. The Kier molecular flexibility index (Phi) is 3.64. The predicted octanol–water partition coefficient (Wildman–Crippen LogP) is 0.447. The van der Waals surface area contributed by atoms with Crippen LogP contribution in [0.5, 0.6) is 0 Å². The third-order valence-corrected chi connectivity index (χ3v) is 3.13. The molecule has 1 saturated heterocycles. The first-order chi connectivity index (χ1) is 8.60. The van der Waals surface area contributed by atoms with Crippen LogP contribution in [-0.4, -0.2) is 28.1 Å². The highest BCUT2D eigenvalue weighted by Gasteiger charge is 2.25. The number of piperidine rings is 1. The van der Waals surface area contributed by atoms with Crippen molar-refractivity contribution >= 4 is 17.5 Å². The van der Waals surface area contributed by atoms with Gasteiger partial charge in [-0.3, -0.25) is 14.3 Å². The van der Waals surface area contributed by atoms with Gasteiger partial charge in [-0.25, -0.2) is 0 Å². The molecular weight excluding hydrogens is 232 g/mol. The van der Waals surface area contributed by atoms with Gasteiger partial charge in [0.2, 0.25) is 11.8 Å². The van der Waals surface area contributed by atoms with Crippen LogP contribution in [0.15, 0.2) is 6.20 Å². The molecule has 1 aliphatic rings. The molecule has 0 spiro atoms. The summed E-state index contributed by atoms with van der Waals surface area (Å²) in [5.74, 6) is -0.167. The summed E-state index contributed by atoms with van der Waals surface area (Å²) < 4.78 is 1.69. The molecule has 0 aliphatic carbocycles. The number of carbonyl (C=O) groups excluding carboxylic acids is 2. The van der Waals surface area contributed by atoms with E-state index in [9.17, 15) is 9.59 Å². The predicted molar refractivity (Wildman–Crippen MR) is 66.9 cm³/mol. The van der Waals surface area contributed by atoms with Crippen LogP contribution in [0.25, 0.3) is 0 Å². The molecule has 2 heterocycles. The van der Waals surface area contributed by atoms with E-state index in [0.29, 0.717) is 19.4 Å². The van der Waals surface area contributed by atoms with Gasteiger partial charge in [0.25, 0.3) is 0 Å². The number of aryl methyl sites for hydroxylation is 2. The average molecular weight is 250 g/mol. The molecule has 18 heavy (non-hydrogen) atoms. The van der Waals surface area contributed by atoms with Crippen molar-refractivity contribution < 1.29 is 9.59 Å². The van der Waals surface area contributed by atoms with Crippen molar-refractivity contribution in [3.63, 3.8) is 0 Å². The lowest BCUT2D eigenvalue weighted by Gasteiger charge is -2.21. The summed E-state index contributed by atoms with van der Waals surface area (Å²) in [6.45, 7) is 2.42. The highest BCUT2D eigenvalue weighted by atomic mass is 16.2. The maximum atomic E-state index is 12.1. The molecule has 1 fully saturated rings. The molecule has 1 aliphatic heterocycles. The number of carbonyl (C=O) groups is 2. The van der Waals surface area contributed by atoms with Crippen molar-refractivity contribution in [3.05, 3.63) is 11.9 Å². The van der Waals surface area contributed by atoms with Gasteiger partial charge in [0.05, 0.1) is 17.3 Å². The zero-order chi connectivity index (χ0) is 13.1. The summed E-state index contributed by atoms with van der Waals surface area (Å²) in [6, 6.07) is 0. The smallest absolute Gasteiger partial charge is 0.229 e. The lowest BCUT2D eigenvalue weighted by atomic mass is 9.98. The van der Waals surface area contributed by atoms with Crippen LogP contribution in [0.1, 0.15) is 25.5 Å². The molecular formula is C12H18N4O2. The van der Waals surface area contributed by atoms with Crippen LogP contribution >= 0.6 is 0 Å². The van der Waals surface area contributed by atoms with E-state index in [0.717, 1.165) is 17.8 Å². The largest absolute Gasteiger partial charge is 0.355 e. The lowest BCUT2D eigenvalue weighted by molar-refractivity contribution is -0.126. The Bertz CT molecular complexity index is 457. The quantitative estimate of drug-likeness (QED) is 0.817. The van der Waals surface area contributed by atoms with Crippen LogP contribution in [0.4, 0.5) is 5.69 Å². The highest BCUT2D eigenvalue weighted by Crippen LogP contribution is 2.17. The molecule has 0 aromatic carbocycles. The van der Waals surface area contributed by atoms with Crippen LogP contribution in [-0.2, 0) is 23.1 Å². The first-order valence-electron chi connectivity index (χ1n) is 6.20. The molecule has 6 heteroatoms. The van der Waals surface area contributed by atoms with Crippen molar-refractivity contribution in [1.82, 2.24) is 15.1 Å². The van der Waals surface area contributed by atoms with Gasteiger partial charge in [-0.2, -0.15) is 5.10 Å². The Balaban J connectivity index is 2.00. The standard InChI is InChI=1S/C12H18N4O2/c1-3-9-10(7-16(2)15-9)14-12(18)8-4-5-11(17)13-6-8/h7-8H,3-6H2,1-2H3,(H,13,17)(H,14,18). The van der Waals surface area contributed by atoms with E-state index >= 15 is 0 Å². The normalized spacial score (nSPS) is 19.4. The van der Waals surface area contributed by atoms with Gasteiger partial charge in [0.1, 0.15) is 0 Å². The average Bonchev–Trinajstić information content (AvgIpc) is 2.70. The van der Waals surface area contributed by atoms with Gasteiger partial charge in [-0.1, -0.05) is 6.92 Å².